The first kappa shape index (κ1) is 16.3. The van der Waals surface area contributed by atoms with Crippen LogP contribution in [0.2, 0.25) is 5.02 Å². The first-order valence-electron chi connectivity index (χ1n) is 8.85. The normalized spacial score (nSPS) is 21.6. The summed E-state index contributed by atoms with van der Waals surface area (Å²) < 4.78 is 7.34. The third-order valence-corrected chi connectivity index (χ3v) is 5.41. The van der Waals surface area contributed by atoms with Gasteiger partial charge in [-0.3, -0.25) is 4.79 Å². The smallest absolute Gasteiger partial charge is 0.226 e. The van der Waals surface area contributed by atoms with Gasteiger partial charge in [-0.2, -0.15) is 10.1 Å². The molecule has 1 N–H and O–H groups in total. The van der Waals surface area contributed by atoms with E-state index in [1.807, 2.05) is 43.3 Å². The highest BCUT2D eigenvalue weighted by atomic mass is 35.5. The molecule has 3 aromatic rings. The van der Waals surface area contributed by atoms with E-state index in [-0.39, 0.29) is 17.7 Å². The standard InChI is InChI=1S/C20H17ClN4O2/c1-11-22-20-23-15-9-13(17-3-2-8-27-17)10-16(26)18(15)19(25(20)24-11)12-4-6-14(21)7-5-12/h2-8,13,19H,9-10H2,1H3,(H,22,23,24)/t13-,19+/m0/s1. The second kappa shape index (κ2) is 6.09. The zero-order chi connectivity index (χ0) is 18.5. The summed E-state index contributed by atoms with van der Waals surface area (Å²) in [6.45, 7) is 1.85. The molecule has 3 heterocycles. The van der Waals surface area contributed by atoms with Crippen LogP contribution in [-0.2, 0) is 4.79 Å². The van der Waals surface area contributed by atoms with Gasteiger partial charge in [-0.15, -0.1) is 0 Å². The van der Waals surface area contributed by atoms with Crippen molar-refractivity contribution in [3.8, 4) is 0 Å². The van der Waals surface area contributed by atoms with Crippen molar-refractivity contribution in [1.82, 2.24) is 14.8 Å². The number of nitrogens with one attached hydrogen (secondary N) is 1. The molecule has 27 heavy (non-hydrogen) atoms. The number of ketones is 1. The van der Waals surface area contributed by atoms with Gasteiger partial charge in [0, 0.05) is 28.6 Å². The Labute approximate surface area is 160 Å². The average molecular weight is 381 g/mol. The average Bonchev–Trinajstić information content (AvgIpc) is 3.29. The number of anilines is 1. The Morgan fingerprint density at radius 3 is 2.78 bits per heavy atom. The van der Waals surface area contributed by atoms with Crippen LogP contribution >= 0.6 is 11.6 Å². The number of aromatic nitrogens is 3. The van der Waals surface area contributed by atoms with Crippen molar-refractivity contribution in [3.63, 3.8) is 0 Å². The van der Waals surface area contributed by atoms with Crippen LogP contribution in [-0.4, -0.2) is 20.5 Å². The van der Waals surface area contributed by atoms with Gasteiger partial charge in [0.2, 0.25) is 5.95 Å². The monoisotopic (exact) mass is 380 g/mol. The molecule has 0 radical (unpaired) electrons. The quantitative estimate of drug-likeness (QED) is 0.719. The molecule has 2 atom stereocenters. The van der Waals surface area contributed by atoms with E-state index in [0.29, 0.717) is 29.6 Å². The third-order valence-electron chi connectivity index (χ3n) is 5.16. The van der Waals surface area contributed by atoms with Crippen LogP contribution in [0.15, 0.2) is 58.3 Å². The first-order chi connectivity index (χ1) is 13.1. The van der Waals surface area contributed by atoms with Gasteiger partial charge in [-0.25, -0.2) is 4.68 Å². The molecule has 0 saturated heterocycles. The largest absolute Gasteiger partial charge is 0.469 e. The maximum atomic E-state index is 13.2. The molecule has 2 aliphatic rings. The number of carbonyl (C=O) groups is 1. The van der Waals surface area contributed by atoms with Gasteiger partial charge in [0.25, 0.3) is 0 Å². The van der Waals surface area contributed by atoms with E-state index in [9.17, 15) is 4.79 Å². The highest BCUT2D eigenvalue weighted by Gasteiger charge is 2.40. The number of benzene rings is 1. The van der Waals surface area contributed by atoms with Crippen LogP contribution in [0.1, 0.15) is 41.9 Å². The van der Waals surface area contributed by atoms with Gasteiger partial charge in [-0.05, 0) is 43.2 Å². The van der Waals surface area contributed by atoms with Crippen molar-refractivity contribution in [2.45, 2.75) is 31.7 Å². The number of fused-ring (bicyclic) bond motifs is 1. The lowest BCUT2D eigenvalue weighted by atomic mass is 9.79. The number of nitrogens with zero attached hydrogens (tertiary/aromatic N) is 3. The molecule has 136 valence electrons. The fourth-order valence-corrected chi connectivity index (χ4v) is 4.12. The molecule has 1 aliphatic heterocycles. The van der Waals surface area contributed by atoms with Crippen LogP contribution in [0.5, 0.6) is 0 Å². The summed E-state index contributed by atoms with van der Waals surface area (Å²) in [5.74, 6) is 2.28. The SMILES string of the molecule is Cc1nc2n(n1)[C@H](c1ccc(Cl)cc1)C1=C(C[C@H](c3ccco3)CC1=O)N2. The van der Waals surface area contributed by atoms with Crippen molar-refractivity contribution in [2.75, 3.05) is 5.32 Å². The van der Waals surface area contributed by atoms with Gasteiger partial charge in [0.1, 0.15) is 17.6 Å². The van der Waals surface area contributed by atoms with E-state index in [2.05, 4.69) is 15.4 Å². The van der Waals surface area contributed by atoms with Crippen molar-refractivity contribution < 1.29 is 9.21 Å². The molecular formula is C20H17ClN4O2. The Balaban J connectivity index is 1.63. The Morgan fingerprint density at radius 2 is 2.04 bits per heavy atom. The summed E-state index contributed by atoms with van der Waals surface area (Å²) in [5.41, 5.74) is 2.61. The molecule has 5 rings (SSSR count). The molecule has 0 spiro atoms. The van der Waals surface area contributed by atoms with Gasteiger partial charge in [-0.1, -0.05) is 23.7 Å². The second-order valence-electron chi connectivity index (χ2n) is 6.94. The molecule has 7 heteroatoms. The number of Topliss-reactive ketones (excluding diaryl/α,β-unsaturated/α-hetero) is 1. The van der Waals surface area contributed by atoms with Crippen molar-refractivity contribution in [2.24, 2.45) is 0 Å². The van der Waals surface area contributed by atoms with Crippen LogP contribution in [0.3, 0.4) is 0 Å². The van der Waals surface area contributed by atoms with Crippen molar-refractivity contribution >= 4 is 23.3 Å². The topological polar surface area (TPSA) is 73.0 Å². The highest BCUT2D eigenvalue weighted by molar-refractivity contribution is 6.30. The number of allylic oxidation sites excluding steroid dienone is 2. The summed E-state index contributed by atoms with van der Waals surface area (Å²) in [4.78, 5) is 17.7. The van der Waals surface area contributed by atoms with E-state index in [1.165, 1.54) is 0 Å². The molecule has 0 fully saturated rings. The van der Waals surface area contributed by atoms with Crippen LogP contribution < -0.4 is 5.32 Å². The summed E-state index contributed by atoms with van der Waals surface area (Å²) >= 11 is 6.06. The van der Waals surface area contributed by atoms with Crippen molar-refractivity contribution in [3.05, 3.63) is 76.1 Å². The Hall–Kier alpha value is -2.86. The fraction of sp³-hybridized carbons (Fsp3) is 0.250. The summed E-state index contributed by atoms with van der Waals surface area (Å²) in [5, 5.41) is 8.52. The number of halogens is 1. The van der Waals surface area contributed by atoms with E-state index in [0.717, 1.165) is 22.6 Å². The maximum Gasteiger partial charge on any atom is 0.226 e. The molecule has 2 aromatic heterocycles. The minimum absolute atomic E-state index is 0.0280. The Morgan fingerprint density at radius 1 is 1.22 bits per heavy atom. The summed E-state index contributed by atoms with van der Waals surface area (Å²) in [6.07, 6.45) is 2.76. The second-order valence-corrected chi connectivity index (χ2v) is 7.38. The predicted molar refractivity (Wildman–Crippen MR) is 101 cm³/mol. The molecule has 0 saturated carbocycles. The minimum atomic E-state index is -0.306. The molecule has 0 bridgehead atoms. The number of furan rings is 1. The number of carbonyl (C=O) groups excluding carboxylic acids is 1. The highest BCUT2D eigenvalue weighted by Crippen LogP contribution is 2.44. The zero-order valence-electron chi connectivity index (χ0n) is 14.6. The zero-order valence-corrected chi connectivity index (χ0v) is 15.4. The number of hydrogen-bond donors (Lipinski definition) is 1. The van der Waals surface area contributed by atoms with Gasteiger partial charge >= 0.3 is 0 Å². The third kappa shape index (κ3) is 2.68. The summed E-state index contributed by atoms with van der Waals surface area (Å²) in [7, 11) is 0. The van der Waals surface area contributed by atoms with E-state index < -0.39 is 0 Å². The summed E-state index contributed by atoms with van der Waals surface area (Å²) in [6, 6.07) is 11.0. The van der Waals surface area contributed by atoms with E-state index in [4.69, 9.17) is 16.0 Å². The van der Waals surface area contributed by atoms with Gasteiger partial charge < -0.3 is 9.73 Å². The lowest BCUT2D eigenvalue weighted by molar-refractivity contribution is -0.117. The first-order valence-corrected chi connectivity index (χ1v) is 9.23. The van der Waals surface area contributed by atoms with Crippen LogP contribution in [0.4, 0.5) is 5.95 Å². The Kier molecular flexibility index (Phi) is 3.68. The molecule has 1 aliphatic carbocycles. The molecule has 0 unspecified atom stereocenters. The molecular weight excluding hydrogens is 364 g/mol. The molecule has 1 aromatic carbocycles. The van der Waals surface area contributed by atoms with E-state index in [1.54, 1.807) is 10.9 Å². The minimum Gasteiger partial charge on any atom is -0.469 e. The predicted octanol–water partition coefficient (Wildman–Crippen LogP) is 4.25. The fourth-order valence-electron chi connectivity index (χ4n) is 4.00. The Bertz CT molecular complexity index is 1050. The van der Waals surface area contributed by atoms with Gasteiger partial charge in [0.15, 0.2) is 5.78 Å². The molecule has 6 nitrogen and oxygen atoms in total. The molecule has 0 amide bonds. The maximum absolute atomic E-state index is 13.2. The lowest BCUT2D eigenvalue weighted by Gasteiger charge is -2.34. The van der Waals surface area contributed by atoms with Crippen LogP contribution in [0, 0.1) is 6.92 Å². The number of hydrogen-bond acceptors (Lipinski definition) is 5. The number of rotatable bonds is 2. The number of aryl methyl sites for hydroxylation is 1. The van der Waals surface area contributed by atoms with Crippen LogP contribution in [0.25, 0.3) is 0 Å². The van der Waals surface area contributed by atoms with E-state index >= 15 is 0 Å². The lowest BCUT2D eigenvalue weighted by Crippen LogP contribution is -2.33. The van der Waals surface area contributed by atoms with Crippen molar-refractivity contribution in [1.29, 1.82) is 0 Å². The van der Waals surface area contributed by atoms with Gasteiger partial charge in [0.05, 0.1) is 6.26 Å².